The molecule has 0 aliphatic heterocycles. The van der Waals surface area contributed by atoms with E-state index in [1.54, 1.807) is 12.4 Å². The smallest absolute Gasteiger partial charge is 0.164 e. The van der Waals surface area contributed by atoms with Gasteiger partial charge >= 0.3 is 0 Å². The molecule has 0 bridgehead atoms. The summed E-state index contributed by atoms with van der Waals surface area (Å²) in [5.41, 5.74) is 6.23. The SMILES string of the molecule is Clc1cncc2c1oc1cccc(-c3nc(-c4ccccc4)nc(-c4ccc(-c5cccc6ccccc56)cc4)n3)c12. The molecule has 6 heteroatoms. The molecule has 0 N–H and O–H groups in total. The van der Waals surface area contributed by atoms with Gasteiger partial charge in [-0.3, -0.25) is 4.98 Å². The Bertz CT molecular complexity index is 2250. The molecule has 198 valence electrons. The Balaban J connectivity index is 1.31. The van der Waals surface area contributed by atoms with Gasteiger partial charge in [0, 0.05) is 39.9 Å². The van der Waals surface area contributed by atoms with E-state index in [9.17, 15) is 0 Å². The molecule has 5 nitrogen and oxygen atoms in total. The van der Waals surface area contributed by atoms with E-state index >= 15 is 0 Å². The summed E-state index contributed by atoms with van der Waals surface area (Å²) in [6, 6.07) is 39.0. The third-order valence-corrected chi connectivity index (χ3v) is 7.78. The standard InChI is InChI=1S/C36H21ClN4O/c37-30-21-38-20-29-32-28(14-7-15-31(32)42-33(29)30)36-40-34(24-9-2-1-3-10-24)39-35(41-36)25-18-16-23(17-19-25)27-13-6-11-22-8-4-5-12-26(22)27/h1-21H. The minimum Gasteiger partial charge on any atom is -0.454 e. The molecular formula is C36H21ClN4O. The summed E-state index contributed by atoms with van der Waals surface area (Å²) in [5, 5.41) is 4.57. The number of nitrogens with zero attached hydrogens (tertiary/aromatic N) is 4. The summed E-state index contributed by atoms with van der Waals surface area (Å²) in [5.74, 6) is 1.73. The number of fused-ring (bicyclic) bond motifs is 4. The van der Waals surface area contributed by atoms with Gasteiger partial charge in [-0.1, -0.05) is 121 Å². The van der Waals surface area contributed by atoms with E-state index in [1.807, 2.05) is 48.5 Å². The average molecular weight is 561 g/mol. The number of furan rings is 1. The van der Waals surface area contributed by atoms with Crippen LogP contribution in [0.4, 0.5) is 0 Å². The summed E-state index contributed by atoms with van der Waals surface area (Å²) < 4.78 is 6.12. The van der Waals surface area contributed by atoms with Gasteiger partial charge in [-0.25, -0.2) is 15.0 Å². The lowest BCUT2D eigenvalue weighted by Crippen LogP contribution is -2.00. The third kappa shape index (κ3) is 4.10. The monoisotopic (exact) mass is 560 g/mol. The quantitative estimate of drug-likeness (QED) is 0.214. The van der Waals surface area contributed by atoms with Crippen LogP contribution in [0.3, 0.4) is 0 Å². The molecule has 0 saturated heterocycles. The van der Waals surface area contributed by atoms with Crippen LogP contribution in [-0.2, 0) is 0 Å². The van der Waals surface area contributed by atoms with Crippen molar-refractivity contribution in [1.82, 2.24) is 19.9 Å². The van der Waals surface area contributed by atoms with E-state index < -0.39 is 0 Å². The molecule has 0 radical (unpaired) electrons. The Morgan fingerprint density at radius 1 is 0.500 bits per heavy atom. The lowest BCUT2D eigenvalue weighted by atomic mass is 9.97. The van der Waals surface area contributed by atoms with Gasteiger partial charge in [0.05, 0.1) is 0 Å². The minimum atomic E-state index is 0.460. The Morgan fingerprint density at radius 3 is 1.98 bits per heavy atom. The first kappa shape index (κ1) is 24.4. The van der Waals surface area contributed by atoms with Gasteiger partial charge in [0.15, 0.2) is 23.1 Å². The first-order valence-corrected chi connectivity index (χ1v) is 14.0. The zero-order chi connectivity index (χ0) is 28.0. The third-order valence-electron chi connectivity index (χ3n) is 7.51. The van der Waals surface area contributed by atoms with Crippen molar-refractivity contribution in [3.8, 4) is 45.3 Å². The fraction of sp³-hybridized carbons (Fsp3) is 0. The van der Waals surface area contributed by atoms with Gasteiger partial charge in [0.25, 0.3) is 0 Å². The number of halogens is 1. The van der Waals surface area contributed by atoms with Crippen molar-refractivity contribution in [2.75, 3.05) is 0 Å². The van der Waals surface area contributed by atoms with Crippen molar-refractivity contribution < 1.29 is 4.42 Å². The summed E-state index contributed by atoms with van der Waals surface area (Å²) in [6.07, 6.45) is 3.35. The Morgan fingerprint density at radius 2 is 1.14 bits per heavy atom. The van der Waals surface area contributed by atoms with Crippen molar-refractivity contribution >= 4 is 44.3 Å². The van der Waals surface area contributed by atoms with Gasteiger partial charge in [-0.05, 0) is 28.0 Å². The fourth-order valence-corrected chi connectivity index (χ4v) is 5.71. The number of rotatable bonds is 4. The highest BCUT2D eigenvalue weighted by molar-refractivity contribution is 6.35. The highest BCUT2D eigenvalue weighted by atomic mass is 35.5. The first-order chi connectivity index (χ1) is 20.7. The predicted octanol–water partition coefficient (Wildman–Crippen LogP) is 9.64. The molecule has 0 aliphatic rings. The number of hydrogen-bond donors (Lipinski definition) is 0. The van der Waals surface area contributed by atoms with Crippen LogP contribution >= 0.6 is 11.6 Å². The molecule has 0 saturated carbocycles. The van der Waals surface area contributed by atoms with Crippen molar-refractivity contribution in [3.05, 3.63) is 133 Å². The maximum atomic E-state index is 6.43. The lowest BCUT2D eigenvalue weighted by molar-refractivity contribution is 0.668. The first-order valence-electron chi connectivity index (χ1n) is 13.6. The molecule has 8 rings (SSSR count). The number of hydrogen-bond acceptors (Lipinski definition) is 5. The second-order valence-electron chi connectivity index (χ2n) is 10.1. The lowest BCUT2D eigenvalue weighted by Gasteiger charge is -2.10. The zero-order valence-electron chi connectivity index (χ0n) is 22.2. The van der Waals surface area contributed by atoms with Crippen LogP contribution in [0, 0.1) is 0 Å². The molecule has 42 heavy (non-hydrogen) atoms. The van der Waals surface area contributed by atoms with Gasteiger partial charge < -0.3 is 4.42 Å². The minimum absolute atomic E-state index is 0.460. The molecule has 0 amide bonds. The Labute approximate surface area is 246 Å². The van der Waals surface area contributed by atoms with Crippen LogP contribution in [0.25, 0.3) is 78.0 Å². The second-order valence-corrected chi connectivity index (χ2v) is 10.5. The van der Waals surface area contributed by atoms with Crippen molar-refractivity contribution in [2.45, 2.75) is 0 Å². The molecule has 3 aromatic heterocycles. The molecule has 0 atom stereocenters. The van der Waals surface area contributed by atoms with Crippen molar-refractivity contribution in [1.29, 1.82) is 0 Å². The maximum absolute atomic E-state index is 6.43. The summed E-state index contributed by atoms with van der Waals surface area (Å²) in [7, 11) is 0. The van der Waals surface area contributed by atoms with Crippen molar-refractivity contribution in [3.63, 3.8) is 0 Å². The highest BCUT2D eigenvalue weighted by Gasteiger charge is 2.19. The molecule has 0 aliphatic carbocycles. The largest absolute Gasteiger partial charge is 0.454 e. The van der Waals surface area contributed by atoms with Crippen molar-refractivity contribution in [2.24, 2.45) is 0 Å². The molecule has 5 aromatic carbocycles. The van der Waals surface area contributed by atoms with E-state index in [-0.39, 0.29) is 0 Å². The fourth-order valence-electron chi connectivity index (χ4n) is 5.51. The van der Waals surface area contributed by atoms with Crippen LogP contribution in [-0.4, -0.2) is 19.9 Å². The van der Waals surface area contributed by atoms with Crippen LogP contribution in [0.2, 0.25) is 5.02 Å². The molecule has 3 heterocycles. The molecule has 8 aromatic rings. The van der Waals surface area contributed by atoms with Crippen LogP contribution in [0.15, 0.2) is 132 Å². The Kier molecular flexibility index (Phi) is 5.76. The number of pyridine rings is 1. The number of aromatic nitrogens is 4. The highest BCUT2D eigenvalue weighted by Crippen LogP contribution is 2.38. The second kappa shape index (κ2) is 9.91. The van der Waals surface area contributed by atoms with Crippen LogP contribution < -0.4 is 0 Å². The molecule has 0 unspecified atom stereocenters. The average Bonchev–Trinajstić information content (AvgIpc) is 3.45. The van der Waals surface area contributed by atoms with Gasteiger partial charge in [-0.2, -0.15) is 0 Å². The normalized spacial score (nSPS) is 11.5. The van der Waals surface area contributed by atoms with Crippen LogP contribution in [0.1, 0.15) is 0 Å². The summed E-state index contributed by atoms with van der Waals surface area (Å²) in [4.78, 5) is 19.2. The molecular weight excluding hydrogens is 540 g/mol. The molecule has 0 spiro atoms. The van der Waals surface area contributed by atoms with Gasteiger partial charge in [0.1, 0.15) is 10.6 Å². The van der Waals surface area contributed by atoms with E-state index in [0.29, 0.717) is 33.7 Å². The zero-order valence-corrected chi connectivity index (χ0v) is 23.0. The summed E-state index contributed by atoms with van der Waals surface area (Å²) >= 11 is 6.43. The van der Waals surface area contributed by atoms with Gasteiger partial charge in [0.2, 0.25) is 0 Å². The van der Waals surface area contributed by atoms with E-state index in [0.717, 1.165) is 33.0 Å². The molecule has 0 fully saturated rings. The van der Waals surface area contributed by atoms with Crippen LogP contribution in [0.5, 0.6) is 0 Å². The topological polar surface area (TPSA) is 64.7 Å². The van der Waals surface area contributed by atoms with E-state index in [1.165, 1.54) is 16.3 Å². The number of benzene rings is 5. The van der Waals surface area contributed by atoms with Gasteiger partial charge in [-0.15, -0.1) is 0 Å². The summed E-state index contributed by atoms with van der Waals surface area (Å²) in [6.45, 7) is 0. The van der Waals surface area contributed by atoms with E-state index in [2.05, 4.69) is 71.7 Å². The maximum Gasteiger partial charge on any atom is 0.164 e. The van der Waals surface area contributed by atoms with E-state index in [4.69, 9.17) is 31.0 Å². The Hall–Kier alpha value is -5.39. The predicted molar refractivity (Wildman–Crippen MR) is 169 cm³/mol.